The maximum Gasteiger partial charge on any atom is 0.411 e. The van der Waals surface area contributed by atoms with Crippen LogP contribution in [0.25, 0.3) is 22.9 Å². The van der Waals surface area contributed by atoms with Gasteiger partial charge in [-0.2, -0.15) is 17.9 Å². The summed E-state index contributed by atoms with van der Waals surface area (Å²) < 4.78 is 48.3. The highest BCUT2D eigenvalue weighted by Crippen LogP contribution is 2.36. The number of methoxy groups -OCH3 is 1. The molecule has 2 amide bonds. The van der Waals surface area contributed by atoms with E-state index in [1.165, 1.54) is 42.5 Å². The molecule has 0 fully saturated rings. The number of pyridine rings is 1. The molecule has 0 saturated carbocycles. The van der Waals surface area contributed by atoms with Crippen LogP contribution in [0.4, 0.5) is 29.3 Å². The van der Waals surface area contributed by atoms with Crippen molar-refractivity contribution in [1.29, 1.82) is 0 Å². The molecule has 0 aliphatic carbocycles. The molecule has 15 heteroatoms. The zero-order chi connectivity index (χ0) is 32.7. The molecular formula is C31H28ClF3N8O3. The molecule has 1 aliphatic heterocycles. The smallest absolute Gasteiger partial charge is 0.411 e. The number of halogens is 4. The molecule has 46 heavy (non-hydrogen) atoms. The van der Waals surface area contributed by atoms with Gasteiger partial charge in [-0.1, -0.05) is 29.8 Å². The zero-order valence-electron chi connectivity index (χ0n) is 24.3. The van der Waals surface area contributed by atoms with E-state index >= 15 is 0 Å². The average molecular weight is 653 g/mol. The van der Waals surface area contributed by atoms with Gasteiger partial charge in [-0.3, -0.25) is 15.1 Å². The minimum Gasteiger partial charge on any atom is -0.453 e. The van der Waals surface area contributed by atoms with Crippen LogP contribution in [0, 0.1) is 0 Å². The number of nitrogens with one attached hydrogen (secondary N) is 3. The summed E-state index contributed by atoms with van der Waals surface area (Å²) in [5.41, 5.74) is 3.10. The molecule has 1 aliphatic rings. The number of amides is 2. The molecular weight excluding hydrogens is 625 g/mol. The Morgan fingerprint density at radius 3 is 2.74 bits per heavy atom. The number of carbonyl (C=O) groups excluding carboxylic acids is 2. The number of allylic oxidation sites excluding steroid dienone is 1. The first-order valence-corrected chi connectivity index (χ1v) is 14.4. The van der Waals surface area contributed by atoms with Crippen molar-refractivity contribution in [2.24, 2.45) is 0 Å². The van der Waals surface area contributed by atoms with Gasteiger partial charge in [-0.15, -0.1) is 5.10 Å². The van der Waals surface area contributed by atoms with Crippen LogP contribution >= 0.6 is 11.6 Å². The van der Waals surface area contributed by atoms with Gasteiger partial charge in [0.1, 0.15) is 12.4 Å². The van der Waals surface area contributed by atoms with Gasteiger partial charge < -0.3 is 15.4 Å². The van der Waals surface area contributed by atoms with Crippen molar-refractivity contribution in [1.82, 2.24) is 30.5 Å². The number of tetrazole rings is 1. The number of carbonyl (C=O) groups is 2. The normalized spacial score (nSPS) is 17.4. The predicted octanol–water partition coefficient (Wildman–Crippen LogP) is 6.51. The number of aromatic nitrogens is 5. The van der Waals surface area contributed by atoms with Gasteiger partial charge in [0.25, 0.3) is 0 Å². The average Bonchev–Trinajstić information content (AvgIpc) is 3.57. The maximum absolute atomic E-state index is 14.1. The highest BCUT2D eigenvalue weighted by Gasteiger charge is 2.39. The molecule has 11 nitrogen and oxygen atoms in total. The standard InChI is InChI=1S/C31H28ClF3N8O3/c1-46-30(45)38-22-9-10-23-19-13-14-36-26(16-19)24(5-3-2-4-6-28(31(33,34)35)39-25(23)17-22)40-29(44)12-7-20-15-21(32)8-11-27(20)43-18-37-41-42-43/h2,4,7-18,24,28,39H,3,5-6H2,1H3,(H,38,45)(H,40,44)/b4-2+,12-7+/t24-,28?/m0/s1. The Morgan fingerprint density at radius 2 is 1.98 bits per heavy atom. The third-order valence-electron chi connectivity index (χ3n) is 7.10. The highest BCUT2D eigenvalue weighted by atomic mass is 35.5. The number of anilines is 2. The number of benzene rings is 2. The lowest BCUT2D eigenvalue weighted by Gasteiger charge is -2.24. The van der Waals surface area contributed by atoms with E-state index in [4.69, 9.17) is 11.6 Å². The van der Waals surface area contributed by atoms with Crippen molar-refractivity contribution in [2.75, 3.05) is 17.7 Å². The van der Waals surface area contributed by atoms with E-state index in [0.717, 1.165) is 0 Å². The number of alkyl halides is 3. The highest BCUT2D eigenvalue weighted by molar-refractivity contribution is 6.30. The van der Waals surface area contributed by atoms with E-state index in [-0.39, 0.29) is 17.8 Å². The molecule has 238 valence electrons. The Balaban J connectivity index is 1.46. The van der Waals surface area contributed by atoms with E-state index < -0.39 is 30.3 Å². The van der Waals surface area contributed by atoms with Gasteiger partial charge >= 0.3 is 12.3 Å². The van der Waals surface area contributed by atoms with Gasteiger partial charge in [0.15, 0.2) is 0 Å². The Bertz CT molecular complexity index is 1760. The molecule has 2 aromatic heterocycles. The van der Waals surface area contributed by atoms with Gasteiger partial charge in [0, 0.05) is 39.8 Å². The number of nitrogens with zero attached hydrogens (tertiary/aromatic N) is 5. The van der Waals surface area contributed by atoms with Crippen LogP contribution in [-0.2, 0) is 9.53 Å². The van der Waals surface area contributed by atoms with E-state index in [1.807, 2.05) is 0 Å². The molecule has 2 bridgehead atoms. The lowest BCUT2D eigenvalue weighted by molar-refractivity contribution is -0.141. The second-order valence-electron chi connectivity index (χ2n) is 10.2. The fourth-order valence-corrected chi connectivity index (χ4v) is 5.04. The molecule has 5 rings (SSSR count). The van der Waals surface area contributed by atoms with Crippen LogP contribution < -0.4 is 16.0 Å². The quantitative estimate of drug-likeness (QED) is 0.164. The summed E-state index contributed by atoms with van der Waals surface area (Å²) in [7, 11) is 1.19. The van der Waals surface area contributed by atoms with E-state index in [0.29, 0.717) is 45.9 Å². The number of ether oxygens (including phenoxy) is 1. The fourth-order valence-electron chi connectivity index (χ4n) is 4.86. The Kier molecular flexibility index (Phi) is 9.96. The topological polar surface area (TPSA) is 136 Å². The summed E-state index contributed by atoms with van der Waals surface area (Å²) in [4.78, 5) is 29.5. The monoisotopic (exact) mass is 652 g/mol. The molecule has 2 aromatic carbocycles. The molecule has 1 unspecified atom stereocenters. The third-order valence-corrected chi connectivity index (χ3v) is 7.34. The molecule has 3 N–H and O–H groups in total. The largest absolute Gasteiger partial charge is 0.453 e. The Labute approximate surface area is 266 Å². The summed E-state index contributed by atoms with van der Waals surface area (Å²) in [5, 5.41) is 19.7. The predicted molar refractivity (Wildman–Crippen MR) is 166 cm³/mol. The van der Waals surface area contributed by atoms with Crippen molar-refractivity contribution < 1.29 is 27.5 Å². The first-order valence-electron chi connectivity index (χ1n) is 14.1. The van der Waals surface area contributed by atoms with Crippen molar-refractivity contribution >= 4 is 41.1 Å². The molecule has 2 atom stereocenters. The third kappa shape index (κ3) is 8.07. The summed E-state index contributed by atoms with van der Waals surface area (Å²) in [5.74, 6) is -0.425. The number of hydrogen-bond acceptors (Lipinski definition) is 8. The van der Waals surface area contributed by atoms with Crippen LogP contribution in [0.3, 0.4) is 0 Å². The van der Waals surface area contributed by atoms with Crippen LogP contribution in [0.2, 0.25) is 5.02 Å². The molecule has 0 radical (unpaired) electrons. The van der Waals surface area contributed by atoms with Gasteiger partial charge in [-0.05, 0) is 83.8 Å². The summed E-state index contributed by atoms with van der Waals surface area (Å²) in [6, 6.07) is 10.5. The number of rotatable bonds is 5. The fraction of sp³-hybridized carbons (Fsp3) is 0.226. The minimum absolute atomic E-state index is 0.143. The van der Waals surface area contributed by atoms with Crippen molar-refractivity contribution in [3.63, 3.8) is 0 Å². The van der Waals surface area contributed by atoms with Gasteiger partial charge in [0.2, 0.25) is 5.91 Å². The first kappa shape index (κ1) is 32.2. The van der Waals surface area contributed by atoms with Crippen LogP contribution in [0.5, 0.6) is 0 Å². The zero-order valence-corrected chi connectivity index (χ0v) is 25.1. The first-order chi connectivity index (χ1) is 22.1. The lowest BCUT2D eigenvalue weighted by atomic mass is 9.99. The lowest BCUT2D eigenvalue weighted by Crippen LogP contribution is -2.36. The van der Waals surface area contributed by atoms with Crippen molar-refractivity contribution in [3.05, 3.63) is 95.6 Å². The van der Waals surface area contributed by atoms with Crippen LogP contribution in [-0.4, -0.2) is 56.5 Å². The van der Waals surface area contributed by atoms with Crippen molar-refractivity contribution in [3.8, 4) is 16.8 Å². The molecule has 3 heterocycles. The summed E-state index contributed by atoms with van der Waals surface area (Å²) in [6.07, 6.45) is 4.08. The molecule has 0 saturated heterocycles. The van der Waals surface area contributed by atoms with E-state index in [2.05, 4.69) is 41.2 Å². The summed E-state index contributed by atoms with van der Waals surface area (Å²) >= 11 is 6.19. The summed E-state index contributed by atoms with van der Waals surface area (Å²) in [6.45, 7) is 0. The number of fused-ring (bicyclic) bond motifs is 4. The van der Waals surface area contributed by atoms with Gasteiger partial charge in [-0.25, -0.2) is 4.79 Å². The Hall–Kier alpha value is -5.24. The second kappa shape index (κ2) is 14.2. The van der Waals surface area contributed by atoms with E-state index in [9.17, 15) is 22.8 Å². The van der Waals surface area contributed by atoms with Crippen molar-refractivity contribution in [2.45, 2.75) is 37.5 Å². The number of hydrogen-bond donors (Lipinski definition) is 3. The van der Waals surface area contributed by atoms with E-state index in [1.54, 1.807) is 54.6 Å². The maximum atomic E-state index is 14.1. The molecule has 4 aromatic rings. The van der Waals surface area contributed by atoms with Crippen LogP contribution in [0.1, 0.15) is 36.6 Å². The van der Waals surface area contributed by atoms with Crippen LogP contribution in [0.15, 0.2) is 79.3 Å². The minimum atomic E-state index is -4.56. The van der Waals surface area contributed by atoms with Gasteiger partial charge in [0.05, 0.1) is 24.5 Å². The second-order valence-corrected chi connectivity index (χ2v) is 10.7. The SMILES string of the molecule is COC(=O)Nc1ccc2c(c1)NC(C(F)(F)F)C/C=C/CC[C@H](NC(=O)/C=C/c1cc(Cl)ccc1-n1cnnn1)c1cc-2ccn1. The Morgan fingerprint density at radius 1 is 1.13 bits per heavy atom. The molecule has 0 spiro atoms.